The minimum atomic E-state index is 0.227. The predicted octanol–water partition coefficient (Wildman–Crippen LogP) is 4.66. The molecule has 0 heterocycles. The van der Waals surface area contributed by atoms with Gasteiger partial charge in [-0.05, 0) is 68.7 Å². The minimum Gasteiger partial charge on any atom is -0.493 e. The maximum atomic E-state index is 6.33. The molecule has 0 radical (unpaired) electrons. The summed E-state index contributed by atoms with van der Waals surface area (Å²) in [4.78, 5) is 0. The largest absolute Gasteiger partial charge is 0.493 e. The predicted molar refractivity (Wildman–Crippen MR) is 87.8 cm³/mol. The zero-order valence-electron chi connectivity index (χ0n) is 13.4. The molecule has 2 nitrogen and oxygen atoms in total. The summed E-state index contributed by atoms with van der Waals surface area (Å²) in [5, 5.41) is 0.828. The van der Waals surface area contributed by atoms with Crippen LogP contribution in [0.3, 0.4) is 0 Å². The van der Waals surface area contributed by atoms with E-state index in [2.05, 4.69) is 34.6 Å². The fraction of sp³-hybridized carbons (Fsp3) is 0.647. The Hall–Kier alpha value is -0.730. The van der Waals surface area contributed by atoms with Crippen LogP contribution in [-0.2, 0) is 6.42 Å². The van der Waals surface area contributed by atoms with E-state index in [4.69, 9.17) is 22.1 Å². The van der Waals surface area contributed by atoms with Crippen molar-refractivity contribution in [2.24, 2.45) is 11.7 Å². The number of rotatable bonds is 7. The fourth-order valence-electron chi connectivity index (χ4n) is 2.63. The topological polar surface area (TPSA) is 35.2 Å². The first kappa shape index (κ1) is 17.3. The van der Waals surface area contributed by atoms with Crippen LogP contribution in [0.1, 0.15) is 50.3 Å². The number of ether oxygens (including phenoxy) is 1. The van der Waals surface area contributed by atoms with E-state index in [0.717, 1.165) is 47.8 Å². The first-order valence-electron chi connectivity index (χ1n) is 7.53. The van der Waals surface area contributed by atoms with Crippen molar-refractivity contribution >= 4 is 11.6 Å². The van der Waals surface area contributed by atoms with Crippen LogP contribution in [0.5, 0.6) is 5.75 Å². The molecule has 3 heteroatoms. The third-order valence-corrected chi connectivity index (χ3v) is 3.96. The van der Waals surface area contributed by atoms with Crippen LogP contribution in [-0.4, -0.2) is 12.6 Å². The zero-order valence-corrected chi connectivity index (χ0v) is 14.2. The van der Waals surface area contributed by atoms with Crippen molar-refractivity contribution in [3.05, 3.63) is 27.8 Å². The van der Waals surface area contributed by atoms with Crippen LogP contribution in [0.4, 0.5) is 0 Å². The Balaban J connectivity index is 3.06. The molecular formula is C17H28ClNO. The fourth-order valence-corrected chi connectivity index (χ4v) is 2.91. The second-order valence-corrected chi connectivity index (χ2v) is 6.39. The number of nitrogens with two attached hydrogens (primary N) is 1. The molecule has 2 atom stereocenters. The summed E-state index contributed by atoms with van der Waals surface area (Å²) in [5.74, 6) is 1.54. The average molecular weight is 298 g/mol. The molecule has 0 aromatic heterocycles. The third-order valence-electron chi connectivity index (χ3n) is 3.56. The van der Waals surface area contributed by atoms with E-state index in [9.17, 15) is 0 Å². The van der Waals surface area contributed by atoms with Gasteiger partial charge in [0.2, 0.25) is 0 Å². The summed E-state index contributed by atoms with van der Waals surface area (Å²) < 4.78 is 5.97. The molecule has 2 N–H and O–H groups in total. The van der Waals surface area contributed by atoms with Crippen molar-refractivity contribution < 1.29 is 4.74 Å². The third kappa shape index (κ3) is 4.68. The standard InChI is InChI=1S/C17H28ClNO/c1-6-7-20-17-12(3)10-16(18)14(5)15(17)9-11(2)8-13(4)19/h10-11,13H,6-9,19H2,1-5H3. The molecule has 1 aromatic rings. The summed E-state index contributed by atoms with van der Waals surface area (Å²) in [6.07, 6.45) is 2.99. The van der Waals surface area contributed by atoms with Crippen LogP contribution in [0.2, 0.25) is 5.02 Å². The Morgan fingerprint density at radius 1 is 1.30 bits per heavy atom. The molecule has 0 aliphatic rings. The molecule has 0 bridgehead atoms. The van der Waals surface area contributed by atoms with Crippen molar-refractivity contribution in [2.45, 2.75) is 59.9 Å². The van der Waals surface area contributed by atoms with E-state index >= 15 is 0 Å². The Morgan fingerprint density at radius 2 is 1.95 bits per heavy atom. The van der Waals surface area contributed by atoms with Gasteiger partial charge >= 0.3 is 0 Å². The summed E-state index contributed by atoms with van der Waals surface area (Å²) in [5.41, 5.74) is 9.41. The van der Waals surface area contributed by atoms with Crippen LogP contribution < -0.4 is 10.5 Å². The molecule has 0 spiro atoms. The number of hydrogen-bond donors (Lipinski definition) is 1. The number of halogens is 1. The highest BCUT2D eigenvalue weighted by atomic mass is 35.5. The number of benzene rings is 1. The normalized spacial score (nSPS) is 14.2. The van der Waals surface area contributed by atoms with Crippen molar-refractivity contribution in [3.8, 4) is 5.75 Å². The molecule has 20 heavy (non-hydrogen) atoms. The molecule has 1 rings (SSSR count). The molecule has 114 valence electrons. The summed E-state index contributed by atoms with van der Waals surface area (Å²) >= 11 is 6.33. The number of aryl methyl sites for hydroxylation is 1. The molecule has 0 aliphatic carbocycles. The van der Waals surface area contributed by atoms with Gasteiger partial charge in [0, 0.05) is 11.1 Å². The molecule has 0 saturated heterocycles. The Labute approximate surface area is 128 Å². The lowest BCUT2D eigenvalue weighted by Gasteiger charge is -2.21. The summed E-state index contributed by atoms with van der Waals surface area (Å²) in [6.45, 7) is 11.3. The van der Waals surface area contributed by atoms with Gasteiger partial charge in [0.1, 0.15) is 5.75 Å². The molecule has 2 unspecified atom stereocenters. The first-order valence-corrected chi connectivity index (χ1v) is 7.91. The lowest BCUT2D eigenvalue weighted by atomic mass is 9.91. The molecule has 0 aliphatic heterocycles. The molecule has 0 amide bonds. The van der Waals surface area contributed by atoms with E-state index in [1.807, 2.05) is 6.07 Å². The van der Waals surface area contributed by atoms with Gasteiger partial charge in [-0.3, -0.25) is 0 Å². The van der Waals surface area contributed by atoms with Crippen LogP contribution >= 0.6 is 11.6 Å². The first-order chi connectivity index (χ1) is 9.36. The quantitative estimate of drug-likeness (QED) is 0.794. The van der Waals surface area contributed by atoms with E-state index in [0.29, 0.717) is 5.92 Å². The van der Waals surface area contributed by atoms with Crippen molar-refractivity contribution in [3.63, 3.8) is 0 Å². The second kappa shape index (κ2) is 7.90. The maximum Gasteiger partial charge on any atom is 0.125 e. The van der Waals surface area contributed by atoms with Gasteiger partial charge in [-0.2, -0.15) is 0 Å². The van der Waals surface area contributed by atoms with E-state index < -0.39 is 0 Å². The molecular weight excluding hydrogens is 270 g/mol. The van der Waals surface area contributed by atoms with Crippen molar-refractivity contribution in [1.29, 1.82) is 0 Å². The van der Waals surface area contributed by atoms with Crippen LogP contribution in [0, 0.1) is 19.8 Å². The lowest BCUT2D eigenvalue weighted by Crippen LogP contribution is -2.20. The second-order valence-electron chi connectivity index (χ2n) is 5.98. The van der Waals surface area contributed by atoms with Gasteiger partial charge in [0.05, 0.1) is 6.61 Å². The van der Waals surface area contributed by atoms with Crippen LogP contribution in [0.15, 0.2) is 6.07 Å². The summed E-state index contributed by atoms with van der Waals surface area (Å²) in [6, 6.07) is 2.23. The smallest absolute Gasteiger partial charge is 0.125 e. The number of hydrogen-bond acceptors (Lipinski definition) is 2. The highest BCUT2D eigenvalue weighted by Crippen LogP contribution is 2.34. The van der Waals surface area contributed by atoms with Gasteiger partial charge in [0.15, 0.2) is 0 Å². The maximum absolute atomic E-state index is 6.33. The highest BCUT2D eigenvalue weighted by molar-refractivity contribution is 6.31. The summed E-state index contributed by atoms with van der Waals surface area (Å²) in [7, 11) is 0. The van der Waals surface area contributed by atoms with Gasteiger partial charge in [-0.15, -0.1) is 0 Å². The van der Waals surface area contributed by atoms with E-state index in [1.54, 1.807) is 0 Å². The zero-order chi connectivity index (χ0) is 15.3. The Bertz CT molecular complexity index is 443. The average Bonchev–Trinajstić information content (AvgIpc) is 2.34. The van der Waals surface area contributed by atoms with Crippen LogP contribution in [0.25, 0.3) is 0 Å². The SMILES string of the molecule is CCCOc1c(C)cc(Cl)c(C)c1CC(C)CC(C)N. The van der Waals surface area contributed by atoms with E-state index in [1.165, 1.54) is 5.56 Å². The van der Waals surface area contributed by atoms with E-state index in [-0.39, 0.29) is 6.04 Å². The molecule has 0 saturated carbocycles. The minimum absolute atomic E-state index is 0.227. The van der Waals surface area contributed by atoms with Crippen molar-refractivity contribution in [1.82, 2.24) is 0 Å². The Morgan fingerprint density at radius 3 is 2.50 bits per heavy atom. The van der Waals surface area contributed by atoms with Gasteiger partial charge < -0.3 is 10.5 Å². The van der Waals surface area contributed by atoms with Gasteiger partial charge in [-0.25, -0.2) is 0 Å². The highest BCUT2D eigenvalue weighted by Gasteiger charge is 2.17. The Kier molecular flexibility index (Phi) is 6.84. The molecule has 1 aromatic carbocycles. The van der Waals surface area contributed by atoms with Crippen molar-refractivity contribution in [2.75, 3.05) is 6.61 Å². The van der Waals surface area contributed by atoms with Gasteiger partial charge in [-0.1, -0.05) is 25.4 Å². The van der Waals surface area contributed by atoms with Gasteiger partial charge in [0.25, 0.3) is 0 Å². The molecule has 0 fully saturated rings. The lowest BCUT2D eigenvalue weighted by molar-refractivity contribution is 0.309. The monoisotopic (exact) mass is 297 g/mol.